The van der Waals surface area contributed by atoms with Crippen LogP contribution in [-0.4, -0.2) is 36.3 Å². The highest BCUT2D eigenvalue weighted by Crippen LogP contribution is 2.21. The highest BCUT2D eigenvalue weighted by Gasteiger charge is 2.11. The summed E-state index contributed by atoms with van der Waals surface area (Å²) in [7, 11) is 3.74. The van der Waals surface area contributed by atoms with Crippen LogP contribution in [0.2, 0.25) is 0 Å². The van der Waals surface area contributed by atoms with E-state index in [1.54, 1.807) is 12.3 Å². The van der Waals surface area contributed by atoms with E-state index in [9.17, 15) is 9.90 Å². The number of nitrogens with one attached hydrogen (secondary N) is 1. The van der Waals surface area contributed by atoms with Crippen LogP contribution in [0.3, 0.4) is 0 Å². The molecular formula is C14H16N6O2S. The van der Waals surface area contributed by atoms with E-state index in [0.29, 0.717) is 18.0 Å². The van der Waals surface area contributed by atoms with Crippen molar-refractivity contribution >= 4 is 17.4 Å². The highest BCUT2D eigenvalue weighted by molar-refractivity contribution is 7.98. The number of aromatic hydroxyl groups is 1. The second-order valence-corrected chi connectivity index (χ2v) is 5.89. The Kier molecular flexibility index (Phi) is 4.30. The first-order valence-electron chi connectivity index (χ1n) is 6.96. The van der Waals surface area contributed by atoms with Crippen molar-refractivity contribution < 1.29 is 5.11 Å². The molecule has 0 unspecified atom stereocenters. The zero-order valence-electron chi connectivity index (χ0n) is 12.7. The average molecular weight is 332 g/mol. The molecule has 0 amide bonds. The predicted molar refractivity (Wildman–Crippen MR) is 86.5 cm³/mol. The molecule has 0 bridgehead atoms. The van der Waals surface area contributed by atoms with Crippen molar-refractivity contribution in [3.8, 4) is 5.75 Å². The van der Waals surface area contributed by atoms with Gasteiger partial charge in [-0.3, -0.25) is 9.20 Å². The zero-order valence-corrected chi connectivity index (χ0v) is 13.5. The lowest BCUT2D eigenvalue weighted by atomic mass is 10.4. The summed E-state index contributed by atoms with van der Waals surface area (Å²) in [5.74, 6) is 1.27. The van der Waals surface area contributed by atoms with Crippen LogP contribution in [0.1, 0.15) is 11.5 Å². The molecule has 0 saturated heterocycles. The van der Waals surface area contributed by atoms with Crippen LogP contribution >= 0.6 is 11.8 Å². The number of thioether (sulfide) groups is 1. The summed E-state index contributed by atoms with van der Waals surface area (Å²) in [6, 6.07) is 4.57. The lowest BCUT2D eigenvalue weighted by Gasteiger charge is -2.05. The van der Waals surface area contributed by atoms with Gasteiger partial charge in [0, 0.05) is 25.1 Å². The molecule has 0 atom stereocenters. The van der Waals surface area contributed by atoms with E-state index in [2.05, 4.69) is 20.5 Å². The molecule has 2 N–H and O–H groups in total. The van der Waals surface area contributed by atoms with Gasteiger partial charge in [0.2, 0.25) is 0 Å². The Morgan fingerprint density at radius 2 is 2.22 bits per heavy atom. The second-order valence-electron chi connectivity index (χ2n) is 4.95. The second kappa shape index (κ2) is 6.39. The number of hydrogen-bond donors (Lipinski definition) is 2. The maximum absolute atomic E-state index is 12.1. The number of nitrogens with zero attached hydrogens (tertiary/aromatic N) is 5. The van der Waals surface area contributed by atoms with Crippen molar-refractivity contribution in [2.24, 2.45) is 7.05 Å². The zero-order chi connectivity index (χ0) is 16.4. The van der Waals surface area contributed by atoms with Crippen LogP contribution < -0.4 is 10.9 Å². The van der Waals surface area contributed by atoms with Crippen LogP contribution in [0.4, 0.5) is 0 Å². The summed E-state index contributed by atoms with van der Waals surface area (Å²) in [5, 5.41) is 21.9. The van der Waals surface area contributed by atoms with Crippen molar-refractivity contribution in [2.45, 2.75) is 17.5 Å². The van der Waals surface area contributed by atoms with E-state index in [1.807, 2.05) is 18.7 Å². The Labute approximate surface area is 136 Å². The summed E-state index contributed by atoms with van der Waals surface area (Å²) < 4.78 is 3.21. The molecule has 3 heterocycles. The van der Waals surface area contributed by atoms with Gasteiger partial charge in [0.25, 0.3) is 5.56 Å². The third-order valence-corrected chi connectivity index (χ3v) is 4.39. The maximum atomic E-state index is 12.1. The molecule has 23 heavy (non-hydrogen) atoms. The molecule has 0 saturated carbocycles. The summed E-state index contributed by atoms with van der Waals surface area (Å²) >= 11 is 1.44. The van der Waals surface area contributed by atoms with Gasteiger partial charge in [-0.25, -0.2) is 4.98 Å². The molecule has 3 aromatic heterocycles. The van der Waals surface area contributed by atoms with E-state index < -0.39 is 0 Å². The third kappa shape index (κ3) is 3.06. The first kappa shape index (κ1) is 15.5. The fourth-order valence-electron chi connectivity index (χ4n) is 2.15. The summed E-state index contributed by atoms with van der Waals surface area (Å²) in [6.45, 7) is 0.632. The predicted octanol–water partition coefficient (Wildman–Crippen LogP) is 0.540. The van der Waals surface area contributed by atoms with E-state index in [1.165, 1.54) is 28.3 Å². The smallest absolute Gasteiger partial charge is 0.258 e. The number of pyridine rings is 1. The summed E-state index contributed by atoms with van der Waals surface area (Å²) in [5.41, 5.74) is 0.611. The van der Waals surface area contributed by atoms with Gasteiger partial charge >= 0.3 is 0 Å². The number of rotatable bonds is 5. The lowest BCUT2D eigenvalue weighted by molar-refractivity contribution is 0.476. The molecule has 3 rings (SSSR count). The minimum absolute atomic E-state index is 0.0218. The van der Waals surface area contributed by atoms with Crippen LogP contribution in [0.5, 0.6) is 5.75 Å². The van der Waals surface area contributed by atoms with Crippen LogP contribution in [0.15, 0.2) is 34.3 Å². The monoisotopic (exact) mass is 332 g/mol. The van der Waals surface area contributed by atoms with Gasteiger partial charge in [0.1, 0.15) is 5.82 Å². The molecule has 0 aliphatic carbocycles. The average Bonchev–Trinajstić information content (AvgIpc) is 2.87. The lowest BCUT2D eigenvalue weighted by Crippen LogP contribution is -2.15. The Morgan fingerprint density at radius 3 is 3.00 bits per heavy atom. The van der Waals surface area contributed by atoms with E-state index in [0.717, 1.165) is 11.0 Å². The normalized spacial score (nSPS) is 11.2. The van der Waals surface area contributed by atoms with Crippen molar-refractivity contribution in [1.29, 1.82) is 0 Å². The quantitative estimate of drug-likeness (QED) is 0.658. The van der Waals surface area contributed by atoms with Crippen LogP contribution in [-0.2, 0) is 19.3 Å². The van der Waals surface area contributed by atoms with E-state index in [4.69, 9.17) is 0 Å². The van der Waals surface area contributed by atoms with Crippen molar-refractivity contribution in [2.75, 3.05) is 7.05 Å². The van der Waals surface area contributed by atoms with Gasteiger partial charge in [-0.2, -0.15) is 0 Å². The minimum Gasteiger partial charge on any atom is -0.504 e. The van der Waals surface area contributed by atoms with Crippen molar-refractivity contribution in [3.63, 3.8) is 0 Å². The van der Waals surface area contributed by atoms with Gasteiger partial charge < -0.3 is 15.0 Å². The Bertz CT molecular complexity index is 904. The molecule has 120 valence electrons. The fraction of sp³-hybridized carbons (Fsp3) is 0.286. The first-order chi connectivity index (χ1) is 11.1. The molecular weight excluding hydrogens is 316 g/mol. The van der Waals surface area contributed by atoms with Crippen molar-refractivity contribution in [3.05, 3.63) is 46.3 Å². The van der Waals surface area contributed by atoms with Gasteiger partial charge in [0.05, 0.1) is 12.2 Å². The molecule has 8 nitrogen and oxygen atoms in total. The first-order valence-corrected chi connectivity index (χ1v) is 7.94. The molecule has 0 fully saturated rings. The Balaban J connectivity index is 1.85. The molecule has 3 aromatic rings. The Hall–Kier alpha value is -2.39. The van der Waals surface area contributed by atoms with E-state index >= 15 is 0 Å². The van der Waals surface area contributed by atoms with Crippen LogP contribution in [0.25, 0.3) is 5.65 Å². The summed E-state index contributed by atoms with van der Waals surface area (Å²) in [6.07, 6.45) is 1.58. The Morgan fingerprint density at radius 1 is 1.39 bits per heavy atom. The van der Waals surface area contributed by atoms with Gasteiger partial charge in [-0.1, -0.05) is 11.8 Å². The van der Waals surface area contributed by atoms with Crippen LogP contribution in [0, 0.1) is 0 Å². The fourth-order valence-corrected chi connectivity index (χ4v) is 2.98. The molecule has 0 radical (unpaired) electrons. The molecule has 0 aromatic carbocycles. The SMILES string of the molecule is CNCc1nnc(SCc2cc(=O)n3cccc(O)c3n2)n1C. The number of aromatic nitrogens is 5. The molecule has 9 heteroatoms. The number of fused-ring (bicyclic) bond motifs is 1. The molecule has 0 aliphatic rings. The maximum Gasteiger partial charge on any atom is 0.258 e. The van der Waals surface area contributed by atoms with Gasteiger partial charge in [-0.15, -0.1) is 10.2 Å². The van der Waals surface area contributed by atoms with Gasteiger partial charge in [0.15, 0.2) is 16.6 Å². The highest BCUT2D eigenvalue weighted by atomic mass is 32.2. The number of hydrogen-bond acceptors (Lipinski definition) is 7. The molecule has 0 aliphatic heterocycles. The summed E-state index contributed by atoms with van der Waals surface area (Å²) in [4.78, 5) is 16.4. The largest absolute Gasteiger partial charge is 0.504 e. The van der Waals surface area contributed by atoms with Gasteiger partial charge in [-0.05, 0) is 19.2 Å². The standard InChI is InChI=1S/C14H16N6O2S/c1-15-7-11-17-18-14(19(11)2)23-8-9-6-12(22)20-5-3-4-10(21)13(20)16-9/h3-6,15,21H,7-8H2,1-2H3. The van der Waals surface area contributed by atoms with Crippen molar-refractivity contribution in [1.82, 2.24) is 29.5 Å². The third-order valence-electron chi connectivity index (χ3n) is 3.33. The minimum atomic E-state index is -0.227. The topological polar surface area (TPSA) is 97.3 Å². The van der Waals surface area contributed by atoms with E-state index in [-0.39, 0.29) is 17.0 Å². The molecule has 0 spiro atoms.